The highest BCUT2D eigenvalue weighted by atomic mass is 16.5. The molecular weight excluding hydrogens is 478 g/mol. The Hall–Kier alpha value is -2.38. The van der Waals surface area contributed by atoms with Crippen LogP contribution in [0, 0.1) is 11.3 Å². The van der Waals surface area contributed by atoms with E-state index in [4.69, 9.17) is 10.5 Å². The van der Waals surface area contributed by atoms with Gasteiger partial charge in [0.25, 0.3) is 0 Å². The third kappa shape index (κ3) is 7.82. The van der Waals surface area contributed by atoms with Gasteiger partial charge in [0.1, 0.15) is 5.75 Å². The van der Waals surface area contributed by atoms with Crippen LogP contribution < -0.4 is 10.5 Å². The van der Waals surface area contributed by atoms with E-state index in [-0.39, 0.29) is 29.8 Å². The number of nitrogens with zero attached hydrogens (tertiary/aromatic N) is 2. The van der Waals surface area contributed by atoms with E-state index in [1.54, 1.807) is 0 Å². The molecule has 1 amide bonds. The molecule has 1 aromatic carbocycles. The van der Waals surface area contributed by atoms with E-state index in [0.29, 0.717) is 32.7 Å². The Balaban J connectivity index is 1.92. The smallest absolute Gasteiger partial charge is 0.308 e. The van der Waals surface area contributed by atoms with Gasteiger partial charge in [-0.05, 0) is 68.7 Å². The fourth-order valence-corrected chi connectivity index (χ4v) is 6.33. The van der Waals surface area contributed by atoms with Crippen molar-refractivity contribution in [1.82, 2.24) is 9.80 Å². The summed E-state index contributed by atoms with van der Waals surface area (Å²) < 4.78 is 5.70. The Morgan fingerprint density at radius 1 is 1.21 bits per heavy atom. The van der Waals surface area contributed by atoms with E-state index in [9.17, 15) is 14.7 Å². The van der Waals surface area contributed by atoms with Gasteiger partial charge in [0, 0.05) is 38.0 Å². The van der Waals surface area contributed by atoms with E-state index in [2.05, 4.69) is 51.7 Å². The number of rotatable bonds is 14. The van der Waals surface area contributed by atoms with Crippen LogP contribution in [0.5, 0.6) is 5.75 Å². The molecule has 0 spiro atoms. The van der Waals surface area contributed by atoms with Gasteiger partial charge in [-0.2, -0.15) is 0 Å². The predicted octanol–water partition coefficient (Wildman–Crippen LogP) is 4.84. The maximum absolute atomic E-state index is 13.6. The number of benzene rings is 1. The first-order valence-electron chi connectivity index (χ1n) is 14.4. The minimum Gasteiger partial charge on any atom is -0.493 e. The summed E-state index contributed by atoms with van der Waals surface area (Å²) in [5.41, 5.74) is 8.90. The van der Waals surface area contributed by atoms with Crippen LogP contribution in [0.1, 0.15) is 83.8 Å². The van der Waals surface area contributed by atoms with Crippen LogP contribution in [0.4, 0.5) is 0 Å². The molecule has 2 aliphatic heterocycles. The fourth-order valence-electron chi connectivity index (χ4n) is 6.33. The number of nitrogens with two attached hydrogens (primary N) is 1. The van der Waals surface area contributed by atoms with Crippen molar-refractivity contribution in [2.75, 3.05) is 39.3 Å². The maximum Gasteiger partial charge on any atom is 0.308 e. The van der Waals surface area contributed by atoms with Crippen molar-refractivity contribution in [3.63, 3.8) is 0 Å². The first-order chi connectivity index (χ1) is 18.1. The Labute approximate surface area is 229 Å². The molecule has 7 heteroatoms. The van der Waals surface area contributed by atoms with Gasteiger partial charge in [0.2, 0.25) is 5.91 Å². The molecule has 3 unspecified atom stereocenters. The maximum atomic E-state index is 13.6. The summed E-state index contributed by atoms with van der Waals surface area (Å²) in [6.07, 6.45) is 7.52. The Morgan fingerprint density at radius 3 is 2.61 bits per heavy atom. The highest BCUT2D eigenvalue weighted by molar-refractivity contribution is 5.79. The van der Waals surface area contributed by atoms with E-state index in [1.807, 2.05) is 17.0 Å². The van der Waals surface area contributed by atoms with Crippen molar-refractivity contribution in [3.8, 4) is 5.75 Å². The average Bonchev–Trinajstić information content (AvgIpc) is 3.44. The molecule has 38 heavy (non-hydrogen) atoms. The van der Waals surface area contributed by atoms with Crippen molar-refractivity contribution in [1.29, 1.82) is 0 Å². The molecule has 2 aliphatic rings. The predicted molar refractivity (Wildman–Crippen MR) is 152 cm³/mol. The van der Waals surface area contributed by atoms with E-state index < -0.39 is 11.9 Å². The molecule has 212 valence electrons. The number of unbranched alkanes of at least 4 members (excludes halogenated alkanes) is 2. The number of likely N-dealkylation sites (tertiary alicyclic amines) is 1. The number of hydrogen-bond acceptors (Lipinski definition) is 5. The number of ether oxygens (including phenoxy) is 1. The van der Waals surface area contributed by atoms with Gasteiger partial charge >= 0.3 is 5.97 Å². The van der Waals surface area contributed by atoms with Crippen LogP contribution in [0.25, 0.3) is 0 Å². The zero-order valence-electron chi connectivity index (χ0n) is 24.2. The van der Waals surface area contributed by atoms with Crippen LogP contribution in [-0.2, 0) is 16.0 Å². The van der Waals surface area contributed by atoms with Crippen molar-refractivity contribution in [2.45, 2.75) is 85.1 Å². The molecular formula is C31H49N3O4. The van der Waals surface area contributed by atoms with Crippen LogP contribution in [0.2, 0.25) is 0 Å². The van der Waals surface area contributed by atoms with Crippen LogP contribution >= 0.6 is 0 Å². The molecule has 1 saturated heterocycles. The summed E-state index contributed by atoms with van der Waals surface area (Å²) >= 11 is 0. The van der Waals surface area contributed by atoms with Crippen LogP contribution in [0.3, 0.4) is 0 Å². The zero-order valence-corrected chi connectivity index (χ0v) is 24.2. The summed E-state index contributed by atoms with van der Waals surface area (Å²) in [4.78, 5) is 30.6. The summed E-state index contributed by atoms with van der Waals surface area (Å²) in [6.45, 7) is 14.2. The lowest BCUT2D eigenvalue weighted by molar-refractivity contribution is -0.144. The van der Waals surface area contributed by atoms with Crippen molar-refractivity contribution >= 4 is 11.9 Å². The van der Waals surface area contributed by atoms with Crippen LogP contribution in [0.15, 0.2) is 29.8 Å². The number of allylic oxidation sites excluding steroid dienone is 2. The number of fused-ring (bicyclic) bond motifs is 1. The second-order valence-electron chi connectivity index (χ2n) is 12.1. The molecule has 3 N–H and O–H groups in total. The number of carboxylic acid groups (broad SMARTS) is 1. The molecule has 0 aromatic heterocycles. The molecule has 7 nitrogen and oxygen atoms in total. The lowest BCUT2D eigenvalue weighted by Crippen LogP contribution is -2.46. The van der Waals surface area contributed by atoms with E-state index in [0.717, 1.165) is 55.5 Å². The molecule has 0 saturated carbocycles. The number of aliphatic carboxylic acids is 1. The molecule has 0 aliphatic carbocycles. The molecule has 0 bridgehead atoms. The lowest BCUT2D eigenvalue weighted by atomic mass is 9.77. The normalized spacial score (nSPS) is 21.2. The average molecular weight is 528 g/mol. The monoisotopic (exact) mass is 527 g/mol. The highest BCUT2D eigenvalue weighted by Gasteiger charge is 2.48. The number of carbonyl (C=O) groups is 2. The lowest BCUT2D eigenvalue weighted by Gasteiger charge is -2.34. The summed E-state index contributed by atoms with van der Waals surface area (Å²) in [7, 11) is 0. The molecule has 3 rings (SSSR count). The third-order valence-electron chi connectivity index (χ3n) is 7.94. The standard InChI is InChI=1S/C31H49N3O4/c1-6-7-14-33(15-9-8-13-32)28(35)21-34-20-25(23-10-11-27-24(17-23)12-16-38-27)29(30(36)37)26(34)19-31(4,5)18-22(2)3/h10-11,17-18,25-26,29H,6-9,12-16,19-21,32H2,1-5H3,(H,36,37). The van der Waals surface area contributed by atoms with Crippen molar-refractivity contribution < 1.29 is 19.4 Å². The Morgan fingerprint density at radius 2 is 1.95 bits per heavy atom. The number of hydrogen-bond donors (Lipinski definition) is 2. The van der Waals surface area contributed by atoms with Gasteiger partial charge in [0.05, 0.1) is 19.1 Å². The summed E-state index contributed by atoms with van der Waals surface area (Å²) in [5.74, 6) is -0.566. The van der Waals surface area contributed by atoms with E-state index in [1.165, 1.54) is 5.57 Å². The second-order valence-corrected chi connectivity index (χ2v) is 12.1. The van der Waals surface area contributed by atoms with Crippen molar-refractivity contribution in [3.05, 3.63) is 41.0 Å². The third-order valence-corrected chi connectivity index (χ3v) is 7.94. The second kappa shape index (κ2) is 13.6. The Kier molecular flexibility index (Phi) is 10.8. The number of amides is 1. The van der Waals surface area contributed by atoms with Crippen LogP contribution in [-0.4, -0.2) is 72.2 Å². The summed E-state index contributed by atoms with van der Waals surface area (Å²) in [5, 5.41) is 10.5. The zero-order chi connectivity index (χ0) is 27.9. The largest absolute Gasteiger partial charge is 0.493 e. The van der Waals surface area contributed by atoms with Gasteiger partial charge in [0.15, 0.2) is 0 Å². The molecule has 2 heterocycles. The van der Waals surface area contributed by atoms with E-state index >= 15 is 0 Å². The van der Waals surface area contributed by atoms with Gasteiger partial charge in [-0.1, -0.05) is 51.0 Å². The topological polar surface area (TPSA) is 96.1 Å². The molecule has 1 fully saturated rings. The van der Waals surface area contributed by atoms with Crippen molar-refractivity contribution in [2.24, 2.45) is 17.1 Å². The minimum absolute atomic E-state index is 0.0904. The Bertz CT molecular complexity index is 985. The SMILES string of the molecule is CCCCN(CCCCN)C(=O)CN1CC(c2ccc3c(c2)CCO3)C(C(=O)O)C1CC(C)(C)C=C(C)C. The quantitative estimate of drug-likeness (QED) is 0.266. The molecule has 0 radical (unpaired) electrons. The fraction of sp³-hybridized carbons (Fsp3) is 0.677. The number of carboxylic acids is 1. The van der Waals surface area contributed by atoms with Gasteiger partial charge in [-0.3, -0.25) is 14.5 Å². The molecule has 3 atom stereocenters. The summed E-state index contributed by atoms with van der Waals surface area (Å²) in [6, 6.07) is 5.90. The first kappa shape index (κ1) is 30.2. The highest BCUT2D eigenvalue weighted by Crippen LogP contribution is 2.44. The number of carbonyl (C=O) groups excluding carboxylic acids is 1. The van der Waals surface area contributed by atoms with Gasteiger partial charge in [-0.25, -0.2) is 0 Å². The minimum atomic E-state index is -0.787. The van der Waals surface area contributed by atoms with Gasteiger partial charge < -0.3 is 20.5 Å². The molecule has 1 aromatic rings. The first-order valence-corrected chi connectivity index (χ1v) is 14.4. The van der Waals surface area contributed by atoms with Gasteiger partial charge in [-0.15, -0.1) is 0 Å².